The second-order valence-electron chi connectivity index (χ2n) is 8.08. The summed E-state index contributed by atoms with van der Waals surface area (Å²) in [5.74, 6) is 0.955. The normalized spacial score (nSPS) is 14.5. The zero-order chi connectivity index (χ0) is 22.3. The average Bonchev–Trinajstić information content (AvgIpc) is 3.32. The van der Waals surface area contributed by atoms with E-state index in [1.807, 2.05) is 24.3 Å². The Bertz CT molecular complexity index is 1010. The van der Waals surface area contributed by atoms with Crippen LogP contribution in [0.25, 0.3) is 11.4 Å². The quantitative estimate of drug-likeness (QED) is 0.579. The van der Waals surface area contributed by atoms with Crippen molar-refractivity contribution in [1.82, 2.24) is 15.0 Å². The number of hydrogen-bond donors (Lipinski definition) is 1. The number of likely N-dealkylation sites (N-methyl/N-ethyl adjacent to an activating group) is 1. The van der Waals surface area contributed by atoms with Crippen LogP contribution in [0.2, 0.25) is 0 Å². The molecule has 0 saturated carbocycles. The fourth-order valence-corrected chi connectivity index (χ4v) is 3.89. The molecule has 0 spiro atoms. The van der Waals surface area contributed by atoms with E-state index < -0.39 is 0 Å². The fraction of sp³-hybridized carbons (Fsp3) is 0.400. The van der Waals surface area contributed by atoms with E-state index in [9.17, 15) is 4.79 Å². The standard InChI is InChI=1S/C25H31N5O2/c1-3-19-5-7-20(8-6-19)25-27-24(32-28-25)14-13-23(31)26-21-9-11-22(12-10-21)30-17-15-29(4-2)16-18-30/h5-12H,3-4,13-18H2,1-2H3,(H,26,31). The maximum atomic E-state index is 12.4. The van der Waals surface area contributed by atoms with Crippen LogP contribution in [0.1, 0.15) is 31.7 Å². The van der Waals surface area contributed by atoms with Gasteiger partial charge in [0.25, 0.3) is 0 Å². The Hall–Kier alpha value is -3.19. The minimum Gasteiger partial charge on any atom is -0.369 e. The van der Waals surface area contributed by atoms with E-state index in [0.29, 0.717) is 18.1 Å². The van der Waals surface area contributed by atoms with Gasteiger partial charge in [0.05, 0.1) is 0 Å². The van der Waals surface area contributed by atoms with E-state index in [2.05, 4.69) is 63.4 Å². The maximum absolute atomic E-state index is 12.4. The lowest BCUT2D eigenvalue weighted by Gasteiger charge is -2.35. The number of hydrogen-bond acceptors (Lipinski definition) is 6. The van der Waals surface area contributed by atoms with Gasteiger partial charge in [0, 0.05) is 56.0 Å². The molecule has 0 atom stereocenters. The Balaban J connectivity index is 1.26. The van der Waals surface area contributed by atoms with E-state index in [4.69, 9.17) is 4.52 Å². The maximum Gasteiger partial charge on any atom is 0.227 e. The van der Waals surface area contributed by atoms with Gasteiger partial charge in [-0.15, -0.1) is 0 Å². The Morgan fingerprint density at radius 2 is 1.72 bits per heavy atom. The van der Waals surface area contributed by atoms with Crippen LogP contribution in [0.15, 0.2) is 53.1 Å². The molecule has 1 aliphatic rings. The molecule has 7 heteroatoms. The third kappa shape index (κ3) is 5.53. The number of nitrogens with one attached hydrogen (secondary N) is 1. The van der Waals surface area contributed by atoms with Crippen molar-refractivity contribution in [3.63, 3.8) is 0 Å². The minimum absolute atomic E-state index is 0.0682. The molecule has 32 heavy (non-hydrogen) atoms. The highest BCUT2D eigenvalue weighted by molar-refractivity contribution is 5.91. The monoisotopic (exact) mass is 433 g/mol. The molecule has 0 unspecified atom stereocenters. The molecule has 0 aliphatic carbocycles. The Labute approximate surface area is 189 Å². The predicted molar refractivity (Wildman–Crippen MR) is 127 cm³/mol. The first kappa shape index (κ1) is 22.0. The zero-order valence-corrected chi connectivity index (χ0v) is 18.9. The summed E-state index contributed by atoms with van der Waals surface area (Å²) in [7, 11) is 0. The number of piperazine rings is 1. The zero-order valence-electron chi connectivity index (χ0n) is 18.9. The van der Waals surface area contributed by atoms with Crippen molar-refractivity contribution in [2.75, 3.05) is 42.9 Å². The van der Waals surface area contributed by atoms with Gasteiger partial charge in [-0.25, -0.2) is 0 Å². The molecule has 2 heterocycles. The molecule has 1 aliphatic heterocycles. The molecule has 168 valence electrons. The van der Waals surface area contributed by atoms with E-state index in [1.54, 1.807) is 0 Å². The van der Waals surface area contributed by atoms with Crippen molar-refractivity contribution in [2.45, 2.75) is 33.1 Å². The smallest absolute Gasteiger partial charge is 0.227 e. The van der Waals surface area contributed by atoms with Crippen LogP contribution in [-0.4, -0.2) is 53.7 Å². The predicted octanol–water partition coefficient (Wildman–Crippen LogP) is 4.01. The molecule has 1 saturated heterocycles. The van der Waals surface area contributed by atoms with Crippen LogP contribution in [-0.2, 0) is 17.6 Å². The van der Waals surface area contributed by atoms with E-state index >= 15 is 0 Å². The first-order valence-corrected chi connectivity index (χ1v) is 11.4. The van der Waals surface area contributed by atoms with E-state index in [1.165, 1.54) is 11.3 Å². The number of anilines is 2. The molecule has 1 fully saturated rings. The first-order chi connectivity index (χ1) is 15.6. The number of carbonyl (C=O) groups excluding carboxylic acids is 1. The summed E-state index contributed by atoms with van der Waals surface area (Å²) < 4.78 is 5.32. The molecule has 0 radical (unpaired) electrons. The highest BCUT2D eigenvalue weighted by Gasteiger charge is 2.16. The molecule has 0 bridgehead atoms. The van der Waals surface area contributed by atoms with Crippen molar-refractivity contribution in [2.24, 2.45) is 0 Å². The second kappa shape index (κ2) is 10.4. The highest BCUT2D eigenvalue weighted by Crippen LogP contribution is 2.20. The van der Waals surface area contributed by atoms with Gasteiger partial charge in [0.15, 0.2) is 0 Å². The third-order valence-corrected chi connectivity index (χ3v) is 5.99. The molecule has 4 rings (SSSR count). The van der Waals surface area contributed by atoms with E-state index in [-0.39, 0.29) is 12.3 Å². The lowest BCUT2D eigenvalue weighted by molar-refractivity contribution is -0.116. The summed E-state index contributed by atoms with van der Waals surface area (Å²) in [4.78, 5) is 21.6. The number of nitrogens with zero attached hydrogens (tertiary/aromatic N) is 4. The van der Waals surface area contributed by atoms with Crippen molar-refractivity contribution in [3.05, 3.63) is 60.0 Å². The van der Waals surface area contributed by atoms with Crippen LogP contribution >= 0.6 is 0 Å². The minimum atomic E-state index is -0.0682. The summed E-state index contributed by atoms with van der Waals surface area (Å²) in [5, 5.41) is 7.00. The summed E-state index contributed by atoms with van der Waals surface area (Å²) >= 11 is 0. The largest absolute Gasteiger partial charge is 0.369 e. The number of aryl methyl sites for hydroxylation is 2. The summed E-state index contributed by atoms with van der Waals surface area (Å²) in [6.45, 7) is 9.69. The molecule has 3 aromatic rings. The van der Waals surface area contributed by atoms with Gasteiger partial charge in [0.2, 0.25) is 17.6 Å². The van der Waals surface area contributed by atoms with Crippen molar-refractivity contribution in [3.8, 4) is 11.4 Å². The SMILES string of the molecule is CCc1ccc(-c2noc(CCC(=O)Nc3ccc(N4CCN(CC)CC4)cc3)n2)cc1. The molecular weight excluding hydrogens is 402 g/mol. The lowest BCUT2D eigenvalue weighted by atomic mass is 10.1. The topological polar surface area (TPSA) is 74.5 Å². The van der Waals surface area contributed by atoms with Gasteiger partial charge in [-0.3, -0.25) is 4.79 Å². The van der Waals surface area contributed by atoms with Gasteiger partial charge in [-0.05, 0) is 42.8 Å². The first-order valence-electron chi connectivity index (χ1n) is 11.4. The number of carbonyl (C=O) groups is 1. The molecular formula is C25H31N5O2. The van der Waals surface area contributed by atoms with Crippen LogP contribution < -0.4 is 10.2 Å². The van der Waals surface area contributed by atoms with Gasteiger partial charge in [0.1, 0.15) is 0 Å². The molecule has 1 aromatic heterocycles. The summed E-state index contributed by atoms with van der Waals surface area (Å²) in [6.07, 6.45) is 1.69. The Kier molecular flexibility index (Phi) is 7.17. The van der Waals surface area contributed by atoms with Crippen LogP contribution in [0, 0.1) is 0 Å². The summed E-state index contributed by atoms with van der Waals surface area (Å²) in [6, 6.07) is 16.2. The summed E-state index contributed by atoms with van der Waals surface area (Å²) in [5.41, 5.74) is 4.18. The lowest BCUT2D eigenvalue weighted by Crippen LogP contribution is -2.46. The Morgan fingerprint density at radius 3 is 2.38 bits per heavy atom. The molecule has 2 aromatic carbocycles. The van der Waals surface area contributed by atoms with Crippen LogP contribution in [0.5, 0.6) is 0 Å². The number of amides is 1. The van der Waals surface area contributed by atoms with Gasteiger partial charge in [-0.1, -0.05) is 43.3 Å². The number of benzene rings is 2. The molecule has 1 amide bonds. The van der Waals surface area contributed by atoms with Gasteiger partial charge >= 0.3 is 0 Å². The van der Waals surface area contributed by atoms with E-state index in [0.717, 1.165) is 50.4 Å². The number of rotatable bonds is 8. The Morgan fingerprint density at radius 1 is 1.00 bits per heavy atom. The van der Waals surface area contributed by atoms with Crippen molar-refractivity contribution >= 4 is 17.3 Å². The van der Waals surface area contributed by atoms with Crippen molar-refractivity contribution < 1.29 is 9.32 Å². The fourth-order valence-electron chi connectivity index (χ4n) is 3.89. The number of aromatic nitrogens is 2. The van der Waals surface area contributed by atoms with Crippen LogP contribution in [0.3, 0.4) is 0 Å². The highest BCUT2D eigenvalue weighted by atomic mass is 16.5. The van der Waals surface area contributed by atoms with Gasteiger partial charge < -0.3 is 19.6 Å². The van der Waals surface area contributed by atoms with Crippen LogP contribution in [0.4, 0.5) is 11.4 Å². The molecule has 7 nitrogen and oxygen atoms in total. The second-order valence-corrected chi connectivity index (χ2v) is 8.08. The third-order valence-electron chi connectivity index (χ3n) is 5.99. The average molecular weight is 434 g/mol. The van der Waals surface area contributed by atoms with Gasteiger partial charge in [-0.2, -0.15) is 4.98 Å². The molecule has 1 N–H and O–H groups in total. The van der Waals surface area contributed by atoms with Crippen molar-refractivity contribution in [1.29, 1.82) is 0 Å².